The lowest BCUT2D eigenvalue weighted by Gasteiger charge is -2.14. The van der Waals surface area contributed by atoms with Crippen molar-refractivity contribution in [1.29, 1.82) is 0 Å². The molecule has 0 unspecified atom stereocenters. The molecule has 110 valence electrons. The number of benzene rings is 2. The van der Waals surface area contributed by atoms with Crippen LogP contribution < -0.4 is 10.1 Å². The Labute approximate surface area is 137 Å². The number of hydrogen-bond donors (Lipinski definition) is 1. The third-order valence-corrected chi connectivity index (χ3v) is 3.86. The zero-order valence-corrected chi connectivity index (χ0v) is 14.1. The topological polar surface area (TPSA) is 38.3 Å². The molecule has 0 aliphatic carbocycles. The van der Waals surface area contributed by atoms with E-state index in [1.807, 2.05) is 31.2 Å². The molecule has 0 atom stereocenters. The molecule has 0 fully saturated rings. The minimum absolute atomic E-state index is 0.181. The van der Waals surface area contributed by atoms with E-state index in [1.54, 1.807) is 19.2 Å². The summed E-state index contributed by atoms with van der Waals surface area (Å²) in [7, 11) is 1.58. The molecule has 2 rings (SSSR count). The van der Waals surface area contributed by atoms with Gasteiger partial charge in [0.25, 0.3) is 5.91 Å². The Morgan fingerprint density at radius 3 is 2.52 bits per heavy atom. The summed E-state index contributed by atoms with van der Waals surface area (Å²) in [5.74, 6) is 0.870. The van der Waals surface area contributed by atoms with Crippen LogP contribution in [0.1, 0.15) is 21.5 Å². The molecule has 2 aromatic rings. The van der Waals surface area contributed by atoms with Crippen LogP contribution in [0.25, 0.3) is 0 Å². The number of anilines is 1. The van der Waals surface area contributed by atoms with Crippen molar-refractivity contribution in [3.63, 3.8) is 0 Å². The summed E-state index contributed by atoms with van der Waals surface area (Å²) in [6, 6.07) is 10.9. The minimum Gasteiger partial charge on any atom is -0.495 e. The first kappa shape index (κ1) is 15.9. The molecule has 0 aliphatic heterocycles. The van der Waals surface area contributed by atoms with E-state index < -0.39 is 0 Å². The second kappa shape index (κ2) is 6.96. The van der Waals surface area contributed by atoms with E-state index in [-0.39, 0.29) is 5.91 Å². The molecule has 1 amide bonds. The Balaban J connectivity index is 2.26. The highest BCUT2D eigenvalue weighted by Crippen LogP contribution is 2.32. The van der Waals surface area contributed by atoms with E-state index in [0.29, 0.717) is 22.9 Å². The number of carbonyl (C=O) groups is 1. The van der Waals surface area contributed by atoms with Crippen LogP contribution in [-0.2, 0) is 5.88 Å². The summed E-state index contributed by atoms with van der Waals surface area (Å²) in [5, 5.41) is 2.89. The van der Waals surface area contributed by atoms with Gasteiger partial charge in [0.15, 0.2) is 0 Å². The quantitative estimate of drug-likeness (QED) is 0.790. The first-order chi connectivity index (χ1) is 10.0. The van der Waals surface area contributed by atoms with Crippen molar-refractivity contribution in [2.75, 3.05) is 12.4 Å². The van der Waals surface area contributed by atoms with E-state index >= 15 is 0 Å². The van der Waals surface area contributed by atoms with Crippen LogP contribution in [0, 0.1) is 6.92 Å². The Morgan fingerprint density at radius 1 is 1.29 bits per heavy atom. The number of aryl methyl sites for hydroxylation is 1. The molecule has 0 spiro atoms. The van der Waals surface area contributed by atoms with Crippen molar-refractivity contribution < 1.29 is 9.53 Å². The highest BCUT2D eigenvalue weighted by Gasteiger charge is 2.13. The summed E-state index contributed by atoms with van der Waals surface area (Å²) in [4.78, 5) is 12.3. The Kier molecular flexibility index (Phi) is 5.26. The summed E-state index contributed by atoms with van der Waals surface area (Å²) in [6.07, 6.45) is 0. The zero-order valence-electron chi connectivity index (χ0n) is 11.7. The molecule has 0 radical (unpaired) electrons. The molecule has 0 heterocycles. The predicted molar refractivity (Wildman–Crippen MR) is 89.4 cm³/mol. The Bertz CT molecular complexity index is 656. The van der Waals surface area contributed by atoms with Gasteiger partial charge in [0, 0.05) is 15.9 Å². The fourth-order valence-corrected chi connectivity index (χ4v) is 2.69. The third kappa shape index (κ3) is 3.77. The van der Waals surface area contributed by atoms with Gasteiger partial charge in [-0.25, -0.2) is 0 Å². The summed E-state index contributed by atoms with van der Waals surface area (Å²) in [5.41, 5.74) is 3.15. The highest BCUT2D eigenvalue weighted by molar-refractivity contribution is 9.10. The summed E-state index contributed by atoms with van der Waals surface area (Å²) in [6.45, 7) is 1.92. The molecular weight excluding hydrogens is 354 g/mol. The van der Waals surface area contributed by atoms with Crippen molar-refractivity contribution in [1.82, 2.24) is 0 Å². The van der Waals surface area contributed by atoms with E-state index in [9.17, 15) is 4.79 Å². The minimum atomic E-state index is -0.181. The largest absolute Gasteiger partial charge is 0.495 e. The van der Waals surface area contributed by atoms with Crippen molar-refractivity contribution in [2.24, 2.45) is 0 Å². The molecule has 0 aromatic heterocycles. The van der Waals surface area contributed by atoms with Crippen LogP contribution in [0.2, 0.25) is 0 Å². The second-order valence-electron chi connectivity index (χ2n) is 4.58. The lowest BCUT2D eigenvalue weighted by atomic mass is 10.1. The maximum atomic E-state index is 12.3. The van der Waals surface area contributed by atoms with Crippen LogP contribution in [-0.4, -0.2) is 13.0 Å². The second-order valence-corrected chi connectivity index (χ2v) is 5.77. The number of rotatable bonds is 4. The van der Waals surface area contributed by atoms with Crippen LogP contribution in [0.5, 0.6) is 5.75 Å². The molecule has 21 heavy (non-hydrogen) atoms. The van der Waals surface area contributed by atoms with Gasteiger partial charge in [0.05, 0.1) is 12.8 Å². The lowest BCUT2D eigenvalue weighted by molar-refractivity contribution is 0.102. The number of carbonyl (C=O) groups excluding carboxylic acids is 1. The van der Waals surface area contributed by atoms with E-state index in [0.717, 1.165) is 15.6 Å². The van der Waals surface area contributed by atoms with Crippen molar-refractivity contribution in [3.05, 3.63) is 57.6 Å². The van der Waals surface area contributed by atoms with Gasteiger partial charge in [0.1, 0.15) is 5.75 Å². The van der Waals surface area contributed by atoms with Gasteiger partial charge < -0.3 is 10.1 Å². The van der Waals surface area contributed by atoms with Gasteiger partial charge in [-0.3, -0.25) is 4.79 Å². The summed E-state index contributed by atoms with van der Waals surface area (Å²) >= 11 is 9.15. The maximum absolute atomic E-state index is 12.3. The third-order valence-electron chi connectivity index (χ3n) is 3.09. The smallest absolute Gasteiger partial charge is 0.255 e. The van der Waals surface area contributed by atoms with Crippen LogP contribution in [0.3, 0.4) is 0 Å². The maximum Gasteiger partial charge on any atom is 0.255 e. The first-order valence-electron chi connectivity index (χ1n) is 6.35. The van der Waals surface area contributed by atoms with Gasteiger partial charge in [-0.15, -0.1) is 11.6 Å². The van der Waals surface area contributed by atoms with Gasteiger partial charge in [-0.05, 0) is 42.3 Å². The average Bonchev–Trinajstić information content (AvgIpc) is 2.49. The monoisotopic (exact) mass is 367 g/mol. The number of halogens is 2. The summed E-state index contributed by atoms with van der Waals surface area (Å²) < 4.78 is 6.22. The van der Waals surface area contributed by atoms with Crippen molar-refractivity contribution in [2.45, 2.75) is 12.8 Å². The SMILES string of the molecule is COc1cc(Br)cc(C)c1NC(=O)c1ccc(CCl)cc1. The fraction of sp³-hybridized carbons (Fsp3) is 0.188. The fourth-order valence-electron chi connectivity index (χ4n) is 1.96. The Morgan fingerprint density at radius 2 is 1.95 bits per heavy atom. The molecule has 1 N–H and O–H groups in total. The molecule has 5 heteroatoms. The van der Waals surface area contributed by atoms with Crippen LogP contribution >= 0.6 is 27.5 Å². The number of amides is 1. The zero-order chi connectivity index (χ0) is 15.4. The predicted octanol–water partition coefficient (Wildman–Crippen LogP) is 4.76. The van der Waals surface area contributed by atoms with Crippen LogP contribution in [0.4, 0.5) is 5.69 Å². The molecular formula is C16H15BrClNO2. The van der Waals surface area contributed by atoms with Crippen molar-refractivity contribution >= 4 is 39.1 Å². The van der Waals surface area contributed by atoms with Gasteiger partial charge in [-0.2, -0.15) is 0 Å². The molecule has 0 bridgehead atoms. The lowest BCUT2D eigenvalue weighted by Crippen LogP contribution is -2.13. The number of ether oxygens (including phenoxy) is 1. The Hall–Kier alpha value is -1.52. The molecule has 0 saturated heterocycles. The van der Waals surface area contributed by atoms with E-state index in [4.69, 9.17) is 16.3 Å². The average molecular weight is 369 g/mol. The standard InChI is InChI=1S/C16H15BrClNO2/c1-10-7-13(17)8-14(21-2)15(10)19-16(20)12-5-3-11(9-18)4-6-12/h3-8H,9H2,1-2H3,(H,19,20). The van der Waals surface area contributed by atoms with Crippen molar-refractivity contribution in [3.8, 4) is 5.75 Å². The number of hydrogen-bond acceptors (Lipinski definition) is 2. The van der Waals surface area contributed by atoms with E-state index in [2.05, 4.69) is 21.2 Å². The molecule has 0 aliphatic rings. The number of methoxy groups -OCH3 is 1. The van der Waals surface area contributed by atoms with Crippen LogP contribution in [0.15, 0.2) is 40.9 Å². The van der Waals surface area contributed by atoms with Gasteiger partial charge in [0.2, 0.25) is 0 Å². The first-order valence-corrected chi connectivity index (χ1v) is 7.68. The number of alkyl halides is 1. The van der Waals surface area contributed by atoms with Gasteiger partial charge in [-0.1, -0.05) is 28.1 Å². The van der Waals surface area contributed by atoms with E-state index in [1.165, 1.54) is 0 Å². The molecule has 3 nitrogen and oxygen atoms in total. The normalized spacial score (nSPS) is 10.3. The molecule has 0 saturated carbocycles. The van der Waals surface area contributed by atoms with Gasteiger partial charge >= 0.3 is 0 Å². The molecule has 2 aromatic carbocycles. The highest BCUT2D eigenvalue weighted by atomic mass is 79.9. The number of nitrogens with one attached hydrogen (secondary N) is 1.